The first-order valence-electron chi connectivity index (χ1n) is 12.7. The van der Waals surface area contributed by atoms with E-state index in [-0.39, 0.29) is 31.9 Å². The van der Waals surface area contributed by atoms with Crippen LogP contribution in [0, 0.1) is 11.3 Å². The van der Waals surface area contributed by atoms with Crippen LogP contribution in [0.4, 0.5) is 0 Å². The second-order valence-electron chi connectivity index (χ2n) is 9.33. The minimum atomic E-state index is -1.17. The van der Waals surface area contributed by atoms with Crippen LogP contribution in [0.2, 0.25) is 0 Å². The summed E-state index contributed by atoms with van der Waals surface area (Å²) in [4.78, 5) is 65.2. The molecule has 0 bridgehead atoms. The highest BCUT2D eigenvalue weighted by Crippen LogP contribution is 2.14. The average molecular weight is 531 g/mol. The third-order valence-electron chi connectivity index (χ3n) is 5.98. The van der Waals surface area contributed by atoms with E-state index < -0.39 is 59.6 Å². The summed E-state index contributed by atoms with van der Waals surface area (Å²) in [5.41, 5.74) is 5.81. The molecule has 9 N–H and O–H groups in total. The number of benzene rings is 1. The first-order valence-corrected chi connectivity index (χ1v) is 12.7. The van der Waals surface area contributed by atoms with Crippen molar-refractivity contribution >= 4 is 35.5 Å². The molecule has 208 valence electrons. The minimum Gasteiger partial charge on any atom is -0.370 e. The molecular weight excluding hydrogens is 492 g/mol. The van der Waals surface area contributed by atoms with E-state index in [9.17, 15) is 24.0 Å². The summed E-state index contributed by atoms with van der Waals surface area (Å²) in [6.07, 6.45) is 0.775. The van der Waals surface area contributed by atoms with Crippen molar-refractivity contribution in [1.82, 2.24) is 31.9 Å². The van der Waals surface area contributed by atoms with Crippen LogP contribution in [-0.4, -0.2) is 66.7 Å². The standard InChI is InChI=1S/C25H38N8O5/c1-4-16-21(35)33-19(15-9-6-5-7-10-15)24(38)29-13-18(32-20(34)14(2)3)23(37)31-17(22(36)30-16)11-8-12-28-25(26)27/h5-7,9-10,14,16-19H,4,8,11-13H2,1-3H3,(H,29,38)(H,30,36)(H,31,37)(H,32,34)(H,33,35)(H4,26,27,28)/t16-,17-,18+,19+/m0/s1. The number of amides is 5. The lowest BCUT2D eigenvalue weighted by Gasteiger charge is -2.25. The Bertz CT molecular complexity index is 1020. The second-order valence-corrected chi connectivity index (χ2v) is 9.33. The Morgan fingerprint density at radius 3 is 2.24 bits per heavy atom. The van der Waals surface area contributed by atoms with Crippen molar-refractivity contribution in [1.29, 1.82) is 5.41 Å². The minimum absolute atomic E-state index is 0.166. The van der Waals surface area contributed by atoms with Gasteiger partial charge in [0.05, 0.1) is 0 Å². The van der Waals surface area contributed by atoms with Gasteiger partial charge in [0, 0.05) is 19.0 Å². The van der Waals surface area contributed by atoms with E-state index in [1.54, 1.807) is 51.1 Å². The van der Waals surface area contributed by atoms with Gasteiger partial charge in [0.25, 0.3) is 0 Å². The fourth-order valence-electron chi connectivity index (χ4n) is 3.74. The highest BCUT2D eigenvalue weighted by molar-refractivity contribution is 5.96. The maximum absolute atomic E-state index is 13.2. The average Bonchev–Trinajstić information content (AvgIpc) is 2.89. The van der Waals surface area contributed by atoms with Gasteiger partial charge in [-0.15, -0.1) is 0 Å². The molecule has 1 saturated heterocycles. The number of hydrogen-bond donors (Lipinski definition) is 8. The molecule has 13 nitrogen and oxygen atoms in total. The van der Waals surface area contributed by atoms with Gasteiger partial charge in [-0.25, -0.2) is 0 Å². The van der Waals surface area contributed by atoms with Gasteiger partial charge in [-0.3, -0.25) is 29.4 Å². The van der Waals surface area contributed by atoms with E-state index in [0.717, 1.165) is 0 Å². The van der Waals surface area contributed by atoms with Gasteiger partial charge < -0.3 is 37.6 Å². The summed E-state index contributed by atoms with van der Waals surface area (Å²) < 4.78 is 0. The van der Waals surface area contributed by atoms with Gasteiger partial charge in [-0.2, -0.15) is 0 Å². The van der Waals surface area contributed by atoms with Crippen LogP contribution in [0.25, 0.3) is 0 Å². The van der Waals surface area contributed by atoms with Gasteiger partial charge in [0.1, 0.15) is 24.2 Å². The van der Waals surface area contributed by atoms with E-state index in [4.69, 9.17) is 11.1 Å². The van der Waals surface area contributed by atoms with E-state index in [1.165, 1.54) is 0 Å². The van der Waals surface area contributed by atoms with E-state index in [1.807, 2.05) is 0 Å². The topological polar surface area (TPSA) is 207 Å². The first-order chi connectivity index (χ1) is 18.0. The van der Waals surface area contributed by atoms with E-state index in [0.29, 0.717) is 12.0 Å². The Hall–Kier alpha value is -4.16. The van der Waals surface area contributed by atoms with Crippen LogP contribution in [0.3, 0.4) is 0 Å². The zero-order chi connectivity index (χ0) is 28.2. The van der Waals surface area contributed by atoms with Crippen LogP contribution in [0.5, 0.6) is 0 Å². The monoisotopic (exact) mass is 530 g/mol. The van der Waals surface area contributed by atoms with Gasteiger partial charge in [-0.05, 0) is 24.8 Å². The zero-order valence-corrected chi connectivity index (χ0v) is 21.9. The third-order valence-corrected chi connectivity index (χ3v) is 5.98. The number of carbonyl (C=O) groups is 5. The van der Waals surface area contributed by atoms with Gasteiger partial charge >= 0.3 is 0 Å². The summed E-state index contributed by atoms with van der Waals surface area (Å²) in [7, 11) is 0. The Morgan fingerprint density at radius 1 is 1.00 bits per heavy atom. The quantitative estimate of drug-likeness (QED) is 0.116. The molecule has 13 heteroatoms. The van der Waals surface area contributed by atoms with E-state index >= 15 is 0 Å². The van der Waals surface area contributed by atoms with Crippen molar-refractivity contribution in [2.24, 2.45) is 11.7 Å². The van der Waals surface area contributed by atoms with Crippen molar-refractivity contribution in [2.75, 3.05) is 13.1 Å². The lowest BCUT2D eigenvalue weighted by atomic mass is 10.0. The number of hydrogen-bond acceptors (Lipinski definition) is 6. The van der Waals surface area contributed by atoms with Gasteiger partial charge in [0.2, 0.25) is 29.5 Å². The summed E-state index contributed by atoms with van der Waals surface area (Å²) in [6.45, 7) is 5.06. The third kappa shape index (κ3) is 9.05. The molecule has 0 radical (unpaired) electrons. The molecule has 1 aromatic carbocycles. The molecule has 1 fully saturated rings. The van der Waals surface area contributed by atoms with Crippen LogP contribution < -0.4 is 37.6 Å². The fraction of sp³-hybridized carbons (Fsp3) is 0.520. The fourth-order valence-corrected chi connectivity index (χ4v) is 3.74. The molecule has 0 aliphatic carbocycles. The van der Waals surface area contributed by atoms with Crippen LogP contribution in [0.1, 0.15) is 51.6 Å². The molecule has 5 amide bonds. The van der Waals surface area contributed by atoms with Gasteiger partial charge in [-0.1, -0.05) is 51.1 Å². The lowest BCUT2D eigenvalue weighted by Crippen LogP contribution is -2.58. The second kappa shape index (κ2) is 14.5. The Balaban J connectivity index is 2.39. The van der Waals surface area contributed by atoms with Crippen LogP contribution in [0.15, 0.2) is 30.3 Å². The summed E-state index contributed by atoms with van der Waals surface area (Å²) >= 11 is 0. The zero-order valence-electron chi connectivity index (χ0n) is 21.9. The molecular formula is C25H38N8O5. The summed E-state index contributed by atoms with van der Waals surface area (Å²) in [5, 5.41) is 23.2. The summed E-state index contributed by atoms with van der Waals surface area (Å²) in [5.74, 6) is -3.45. The number of nitrogens with one attached hydrogen (secondary N) is 7. The molecule has 2 rings (SSSR count). The maximum atomic E-state index is 13.2. The molecule has 0 saturated carbocycles. The molecule has 0 spiro atoms. The molecule has 4 atom stereocenters. The summed E-state index contributed by atoms with van der Waals surface area (Å²) in [6, 6.07) is 4.30. The number of nitrogens with two attached hydrogens (primary N) is 1. The largest absolute Gasteiger partial charge is 0.370 e. The highest BCUT2D eigenvalue weighted by atomic mass is 16.2. The van der Waals surface area contributed by atoms with Crippen LogP contribution in [-0.2, 0) is 24.0 Å². The molecule has 1 aromatic rings. The van der Waals surface area contributed by atoms with Crippen molar-refractivity contribution in [3.63, 3.8) is 0 Å². The predicted molar refractivity (Wildman–Crippen MR) is 140 cm³/mol. The normalized spacial score (nSPS) is 22.9. The van der Waals surface area contributed by atoms with Crippen molar-refractivity contribution < 1.29 is 24.0 Å². The molecule has 1 heterocycles. The lowest BCUT2D eigenvalue weighted by molar-refractivity contribution is -0.134. The Morgan fingerprint density at radius 2 is 1.63 bits per heavy atom. The first kappa shape index (κ1) is 30.1. The Kier molecular flexibility index (Phi) is 11.5. The SMILES string of the molecule is CC[C@@H]1NC(=O)[C@H](CCCNC(=N)N)NC(=O)[C@H](NC(=O)C(C)C)CNC(=O)[C@@H](c2ccccc2)NC1=O. The van der Waals surface area contributed by atoms with Crippen LogP contribution >= 0.6 is 0 Å². The molecule has 0 unspecified atom stereocenters. The Labute approximate surface area is 221 Å². The smallest absolute Gasteiger partial charge is 0.247 e. The highest BCUT2D eigenvalue weighted by Gasteiger charge is 2.33. The van der Waals surface area contributed by atoms with Crippen molar-refractivity contribution in [3.8, 4) is 0 Å². The number of carbonyl (C=O) groups excluding carboxylic acids is 5. The maximum Gasteiger partial charge on any atom is 0.247 e. The van der Waals surface area contributed by atoms with Crippen molar-refractivity contribution in [2.45, 2.75) is 64.2 Å². The molecule has 38 heavy (non-hydrogen) atoms. The predicted octanol–water partition coefficient (Wildman–Crippen LogP) is -1.24. The molecule has 1 aliphatic heterocycles. The number of guanidine groups is 1. The van der Waals surface area contributed by atoms with Crippen molar-refractivity contribution in [3.05, 3.63) is 35.9 Å². The van der Waals surface area contributed by atoms with Gasteiger partial charge in [0.15, 0.2) is 5.96 Å². The molecule has 1 aliphatic rings. The van der Waals surface area contributed by atoms with E-state index in [2.05, 4.69) is 31.9 Å². The molecule has 0 aromatic heterocycles. The number of rotatable bonds is 8.